The summed E-state index contributed by atoms with van der Waals surface area (Å²) in [6.45, 7) is 5.17. The number of hydrogen-bond acceptors (Lipinski definition) is 4. The second kappa shape index (κ2) is 9.99. The molecule has 0 amide bonds. The third-order valence-electron chi connectivity index (χ3n) is 3.38. The van der Waals surface area contributed by atoms with E-state index >= 15 is 0 Å². The number of esters is 1. The normalized spacial score (nSPS) is 10.1. The molecule has 0 heterocycles. The Morgan fingerprint density at radius 3 is 2.65 bits per heavy atom. The molecule has 2 rings (SSSR count). The van der Waals surface area contributed by atoms with Crippen molar-refractivity contribution in [1.29, 1.82) is 0 Å². The van der Waals surface area contributed by atoms with E-state index in [2.05, 4.69) is 10.6 Å². The Morgan fingerprint density at radius 2 is 1.96 bits per heavy atom. The number of thiocarbonyl (C=S) groups is 1. The SMILES string of the molecule is CCOC(=O)c1ccc(NC(=S)NCc2cccc(OCC)c2)cc1Cl. The fourth-order valence-electron chi connectivity index (χ4n) is 2.24. The molecule has 2 N–H and O–H groups in total. The number of carbonyl (C=O) groups excluding carboxylic acids is 1. The maximum absolute atomic E-state index is 11.8. The van der Waals surface area contributed by atoms with Crippen molar-refractivity contribution in [3.05, 3.63) is 58.6 Å². The van der Waals surface area contributed by atoms with E-state index in [1.807, 2.05) is 31.2 Å². The average Bonchev–Trinajstić information content (AvgIpc) is 2.61. The van der Waals surface area contributed by atoms with E-state index < -0.39 is 5.97 Å². The average molecular weight is 393 g/mol. The van der Waals surface area contributed by atoms with Crippen molar-refractivity contribution in [3.8, 4) is 5.75 Å². The zero-order valence-electron chi connectivity index (χ0n) is 14.7. The number of nitrogens with one attached hydrogen (secondary N) is 2. The molecule has 7 heteroatoms. The second-order valence-electron chi connectivity index (χ2n) is 5.30. The molecule has 2 aromatic carbocycles. The van der Waals surface area contributed by atoms with Crippen molar-refractivity contribution < 1.29 is 14.3 Å². The van der Waals surface area contributed by atoms with Crippen LogP contribution in [-0.4, -0.2) is 24.3 Å². The first-order valence-electron chi connectivity index (χ1n) is 8.26. The summed E-state index contributed by atoms with van der Waals surface area (Å²) in [5, 5.41) is 6.92. The lowest BCUT2D eigenvalue weighted by atomic mass is 10.2. The number of rotatable bonds is 7. The van der Waals surface area contributed by atoms with Crippen molar-refractivity contribution in [2.24, 2.45) is 0 Å². The lowest BCUT2D eigenvalue weighted by Gasteiger charge is -2.12. The Morgan fingerprint density at radius 1 is 1.15 bits per heavy atom. The summed E-state index contributed by atoms with van der Waals surface area (Å²) < 4.78 is 10.4. The molecule has 0 spiro atoms. The molecule has 0 aliphatic carbocycles. The molecule has 2 aromatic rings. The van der Waals surface area contributed by atoms with E-state index in [4.69, 9.17) is 33.3 Å². The van der Waals surface area contributed by atoms with E-state index in [9.17, 15) is 4.79 Å². The van der Waals surface area contributed by atoms with Gasteiger partial charge in [0.25, 0.3) is 0 Å². The smallest absolute Gasteiger partial charge is 0.339 e. The first kappa shape index (κ1) is 20.0. The van der Waals surface area contributed by atoms with Gasteiger partial charge in [-0.05, 0) is 62.0 Å². The topological polar surface area (TPSA) is 59.6 Å². The van der Waals surface area contributed by atoms with Crippen LogP contribution in [0.1, 0.15) is 29.8 Å². The van der Waals surface area contributed by atoms with Gasteiger partial charge in [-0.3, -0.25) is 0 Å². The summed E-state index contributed by atoms with van der Waals surface area (Å²) in [4.78, 5) is 11.8. The summed E-state index contributed by atoms with van der Waals surface area (Å²) >= 11 is 11.4. The summed E-state index contributed by atoms with van der Waals surface area (Å²) in [6.07, 6.45) is 0. The largest absolute Gasteiger partial charge is 0.494 e. The number of hydrogen-bond donors (Lipinski definition) is 2. The number of anilines is 1. The number of halogens is 1. The number of ether oxygens (including phenoxy) is 2. The molecule has 0 bridgehead atoms. The Bertz CT molecular complexity index is 783. The van der Waals surface area contributed by atoms with Gasteiger partial charge in [0, 0.05) is 12.2 Å². The Balaban J connectivity index is 1.92. The molecule has 0 saturated carbocycles. The van der Waals surface area contributed by atoms with Gasteiger partial charge in [0.05, 0.1) is 23.8 Å². The van der Waals surface area contributed by atoms with E-state index in [1.54, 1.807) is 25.1 Å². The molecule has 0 aromatic heterocycles. The van der Waals surface area contributed by atoms with Crippen LogP contribution in [0.4, 0.5) is 5.69 Å². The van der Waals surface area contributed by atoms with Gasteiger partial charge < -0.3 is 20.1 Å². The lowest BCUT2D eigenvalue weighted by molar-refractivity contribution is 0.0526. The third-order valence-corrected chi connectivity index (χ3v) is 3.94. The van der Waals surface area contributed by atoms with E-state index in [-0.39, 0.29) is 0 Å². The summed E-state index contributed by atoms with van der Waals surface area (Å²) in [6, 6.07) is 12.8. The molecule has 0 atom stereocenters. The van der Waals surface area contributed by atoms with Crippen LogP contribution in [0.15, 0.2) is 42.5 Å². The minimum absolute atomic E-state index is 0.299. The van der Waals surface area contributed by atoms with Gasteiger partial charge in [0.1, 0.15) is 5.75 Å². The molecule has 0 aliphatic heterocycles. The van der Waals surface area contributed by atoms with Crippen molar-refractivity contribution in [2.75, 3.05) is 18.5 Å². The van der Waals surface area contributed by atoms with Crippen molar-refractivity contribution in [1.82, 2.24) is 5.32 Å². The zero-order valence-corrected chi connectivity index (χ0v) is 16.2. The molecule has 138 valence electrons. The van der Waals surface area contributed by atoms with Crippen LogP contribution >= 0.6 is 23.8 Å². The van der Waals surface area contributed by atoms with Gasteiger partial charge >= 0.3 is 5.97 Å². The molecule has 0 saturated heterocycles. The summed E-state index contributed by atoms with van der Waals surface area (Å²) in [5.41, 5.74) is 2.06. The standard InChI is InChI=1S/C19H21ClN2O3S/c1-3-24-15-7-5-6-13(10-15)12-21-19(26)22-14-8-9-16(17(20)11-14)18(23)25-4-2/h5-11H,3-4,12H2,1-2H3,(H2,21,22,26). The van der Waals surface area contributed by atoms with Gasteiger partial charge in [-0.25, -0.2) is 4.79 Å². The van der Waals surface area contributed by atoms with Gasteiger partial charge in [-0.15, -0.1) is 0 Å². The Labute approximate surface area is 163 Å². The van der Waals surface area contributed by atoms with Crippen LogP contribution in [0.5, 0.6) is 5.75 Å². The maximum Gasteiger partial charge on any atom is 0.339 e. The highest BCUT2D eigenvalue weighted by atomic mass is 35.5. The van der Waals surface area contributed by atoms with Crippen LogP contribution in [0.25, 0.3) is 0 Å². The maximum atomic E-state index is 11.8. The number of benzene rings is 2. The van der Waals surface area contributed by atoms with E-state index in [1.165, 1.54) is 0 Å². The van der Waals surface area contributed by atoms with Crippen molar-refractivity contribution in [2.45, 2.75) is 20.4 Å². The summed E-state index contributed by atoms with van der Waals surface area (Å²) in [5.74, 6) is 0.381. The van der Waals surface area contributed by atoms with Crippen LogP contribution in [0, 0.1) is 0 Å². The highest BCUT2D eigenvalue weighted by molar-refractivity contribution is 7.80. The van der Waals surface area contributed by atoms with Gasteiger partial charge in [-0.1, -0.05) is 23.7 Å². The molecule has 0 aliphatic rings. The molecule has 0 radical (unpaired) electrons. The third kappa shape index (κ3) is 5.89. The predicted octanol–water partition coefficient (Wildman–Crippen LogP) is 4.40. The van der Waals surface area contributed by atoms with Crippen molar-refractivity contribution >= 4 is 40.6 Å². The van der Waals surface area contributed by atoms with Gasteiger partial charge in [0.15, 0.2) is 5.11 Å². The number of carbonyl (C=O) groups is 1. The highest BCUT2D eigenvalue weighted by Crippen LogP contribution is 2.22. The molecule has 0 unspecified atom stereocenters. The van der Waals surface area contributed by atoms with Gasteiger partial charge in [0.2, 0.25) is 0 Å². The fraction of sp³-hybridized carbons (Fsp3) is 0.263. The molecule has 0 fully saturated rings. The lowest BCUT2D eigenvalue weighted by Crippen LogP contribution is -2.27. The molecular formula is C19H21ClN2O3S. The minimum Gasteiger partial charge on any atom is -0.494 e. The predicted molar refractivity (Wildman–Crippen MR) is 108 cm³/mol. The van der Waals surface area contributed by atoms with E-state index in [0.29, 0.717) is 41.1 Å². The fourth-order valence-corrected chi connectivity index (χ4v) is 2.68. The van der Waals surface area contributed by atoms with Crippen LogP contribution in [0.3, 0.4) is 0 Å². The quantitative estimate of drug-likeness (QED) is 0.538. The monoisotopic (exact) mass is 392 g/mol. The summed E-state index contributed by atoms with van der Waals surface area (Å²) in [7, 11) is 0. The molecule has 26 heavy (non-hydrogen) atoms. The Kier molecular flexibility index (Phi) is 7.69. The molecule has 5 nitrogen and oxygen atoms in total. The van der Waals surface area contributed by atoms with Crippen LogP contribution < -0.4 is 15.4 Å². The van der Waals surface area contributed by atoms with Gasteiger partial charge in [-0.2, -0.15) is 0 Å². The zero-order chi connectivity index (χ0) is 18.9. The minimum atomic E-state index is -0.445. The molecular weight excluding hydrogens is 372 g/mol. The highest BCUT2D eigenvalue weighted by Gasteiger charge is 2.12. The Hall–Kier alpha value is -2.31. The first-order valence-corrected chi connectivity index (χ1v) is 9.05. The first-order chi connectivity index (χ1) is 12.5. The second-order valence-corrected chi connectivity index (χ2v) is 6.12. The van der Waals surface area contributed by atoms with Crippen LogP contribution in [0.2, 0.25) is 5.02 Å². The van der Waals surface area contributed by atoms with E-state index in [0.717, 1.165) is 11.3 Å². The van der Waals surface area contributed by atoms with Crippen LogP contribution in [-0.2, 0) is 11.3 Å². The van der Waals surface area contributed by atoms with Crippen molar-refractivity contribution in [3.63, 3.8) is 0 Å².